The van der Waals surface area contributed by atoms with Gasteiger partial charge in [0.25, 0.3) is 0 Å². The number of likely N-dealkylation sites (N-methyl/N-ethyl adjacent to an activating group) is 1. The number of nitrogens with two attached hydrogens (primary N) is 1. The fourth-order valence-electron chi connectivity index (χ4n) is 0.309. The first-order valence-corrected chi connectivity index (χ1v) is 2.66. The third kappa shape index (κ3) is 2.43. The summed E-state index contributed by atoms with van der Waals surface area (Å²) in [6.07, 6.45) is 0. The Morgan fingerprint density at radius 2 is 2.11 bits per heavy atom. The van der Waals surface area contributed by atoms with Crippen LogP contribution in [-0.2, 0) is 9.63 Å². The van der Waals surface area contributed by atoms with Gasteiger partial charge in [0, 0.05) is 0 Å². The van der Waals surface area contributed by atoms with Gasteiger partial charge in [-0.2, -0.15) is 5.90 Å². The summed E-state index contributed by atoms with van der Waals surface area (Å²) in [6.45, 7) is 1.72. The minimum Gasteiger partial charge on any atom is -0.372 e. The van der Waals surface area contributed by atoms with Crippen LogP contribution in [0.15, 0.2) is 0 Å². The predicted molar refractivity (Wildman–Crippen MR) is 33.4 cm³/mol. The Hall–Kier alpha value is -0.610. The zero-order valence-corrected chi connectivity index (χ0v) is 5.92. The lowest BCUT2D eigenvalue weighted by Gasteiger charge is -2.15. The molecule has 0 unspecified atom stereocenters. The Morgan fingerprint density at radius 1 is 1.67 bits per heavy atom. The van der Waals surface area contributed by atoms with Crippen molar-refractivity contribution in [3.05, 3.63) is 0 Å². The molecule has 0 aliphatic heterocycles. The van der Waals surface area contributed by atoms with E-state index in [0.717, 1.165) is 0 Å². The fraction of sp³-hybridized carbons (Fsp3) is 0.800. The van der Waals surface area contributed by atoms with Crippen molar-refractivity contribution in [3.8, 4) is 0 Å². The number of nitrogens with zero attached hydrogens (tertiary/aromatic N) is 1. The second kappa shape index (κ2) is 3.42. The van der Waals surface area contributed by atoms with E-state index in [-0.39, 0.29) is 6.04 Å². The second-order valence-electron chi connectivity index (χ2n) is 2.08. The SMILES string of the molecule is C[C@@H](C(=O)ON)N(C)C. The molecule has 0 fully saturated rings. The van der Waals surface area contributed by atoms with Crippen molar-refractivity contribution in [2.75, 3.05) is 14.1 Å². The summed E-state index contributed by atoms with van der Waals surface area (Å²) in [7, 11) is 3.56. The first-order valence-electron chi connectivity index (χ1n) is 2.66. The van der Waals surface area contributed by atoms with Crippen LogP contribution in [0.1, 0.15) is 6.92 Å². The average Bonchev–Trinajstić information content (AvgIpc) is 1.84. The van der Waals surface area contributed by atoms with Crippen molar-refractivity contribution in [2.24, 2.45) is 5.90 Å². The maximum absolute atomic E-state index is 10.6. The van der Waals surface area contributed by atoms with E-state index in [4.69, 9.17) is 0 Å². The molecule has 4 nitrogen and oxygen atoms in total. The van der Waals surface area contributed by atoms with Crippen LogP contribution in [-0.4, -0.2) is 31.0 Å². The quantitative estimate of drug-likeness (QED) is 0.507. The van der Waals surface area contributed by atoms with Gasteiger partial charge in [-0.15, -0.1) is 0 Å². The molecule has 54 valence electrons. The van der Waals surface area contributed by atoms with Crippen molar-refractivity contribution in [1.29, 1.82) is 0 Å². The van der Waals surface area contributed by atoms with Gasteiger partial charge in [-0.25, -0.2) is 4.79 Å². The van der Waals surface area contributed by atoms with Crippen molar-refractivity contribution < 1.29 is 9.63 Å². The van der Waals surface area contributed by atoms with E-state index in [0.29, 0.717) is 0 Å². The lowest BCUT2D eigenvalue weighted by molar-refractivity contribution is -0.148. The van der Waals surface area contributed by atoms with Gasteiger partial charge in [-0.1, -0.05) is 0 Å². The highest BCUT2D eigenvalue weighted by atomic mass is 16.7. The summed E-state index contributed by atoms with van der Waals surface area (Å²) in [4.78, 5) is 16.3. The van der Waals surface area contributed by atoms with E-state index in [9.17, 15) is 4.79 Å². The number of hydrogen-bond acceptors (Lipinski definition) is 4. The zero-order valence-electron chi connectivity index (χ0n) is 5.92. The molecule has 9 heavy (non-hydrogen) atoms. The molecule has 0 bridgehead atoms. The normalized spacial score (nSPS) is 13.4. The van der Waals surface area contributed by atoms with E-state index in [1.54, 1.807) is 25.9 Å². The second-order valence-corrected chi connectivity index (χ2v) is 2.08. The van der Waals surface area contributed by atoms with Gasteiger partial charge < -0.3 is 4.84 Å². The van der Waals surface area contributed by atoms with E-state index in [2.05, 4.69) is 10.7 Å². The smallest absolute Gasteiger partial charge is 0.341 e. The van der Waals surface area contributed by atoms with Crippen molar-refractivity contribution in [1.82, 2.24) is 4.90 Å². The summed E-state index contributed by atoms with van der Waals surface area (Å²) < 4.78 is 0. The molecule has 0 aliphatic carbocycles. The molecule has 4 heteroatoms. The van der Waals surface area contributed by atoms with Crippen LogP contribution in [0.5, 0.6) is 0 Å². The molecule has 0 aromatic heterocycles. The number of rotatable bonds is 2. The molecule has 0 spiro atoms. The molecule has 0 saturated heterocycles. The number of carbonyl (C=O) groups excluding carboxylic acids is 1. The Morgan fingerprint density at radius 3 is 2.22 bits per heavy atom. The van der Waals surface area contributed by atoms with Crippen molar-refractivity contribution in [3.63, 3.8) is 0 Å². The van der Waals surface area contributed by atoms with Gasteiger partial charge in [0.05, 0.1) is 0 Å². The predicted octanol–water partition coefficient (Wildman–Crippen LogP) is -0.647. The topological polar surface area (TPSA) is 55.6 Å². The molecule has 0 aliphatic rings. The van der Waals surface area contributed by atoms with Crippen LogP contribution in [0.2, 0.25) is 0 Å². The van der Waals surface area contributed by atoms with E-state index >= 15 is 0 Å². The zero-order chi connectivity index (χ0) is 7.44. The molecule has 0 heterocycles. The molecule has 2 N–H and O–H groups in total. The molecular weight excluding hydrogens is 120 g/mol. The molecule has 0 aromatic rings. The first-order chi connectivity index (χ1) is 4.09. The molecule has 0 aromatic carbocycles. The van der Waals surface area contributed by atoms with Crippen LogP contribution < -0.4 is 5.90 Å². The third-order valence-corrected chi connectivity index (χ3v) is 1.23. The number of carbonyl (C=O) groups is 1. The van der Waals surface area contributed by atoms with E-state index in [1.165, 1.54) is 0 Å². The van der Waals surface area contributed by atoms with Crippen molar-refractivity contribution in [2.45, 2.75) is 13.0 Å². The highest BCUT2D eigenvalue weighted by molar-refractivity contribution is 5.74. The minimum atomic E-state index is -0.417. The average molecular weight is 132 g/mol. The largest absolute Gasteiger partial charge is 0.372 e. The maximum atomic E-state index is 10.6. The van der Waals surface area contributed by atoms with Crippen LogP contribution in [0, 0.1) is 0 Å². The Balaban J connectivity index is 3.72. The Labute approximate surface area is 54.5 Å². The van der Waals surface area contributed by atoms with Crippen LogP contribution >= 0.6 is 0 Å². The highest BCUT2D eigenvalue weighted by Gasteiger charge is 2.14. The van der Waals surface area contributed by atoms with Gasteiger partial charge >= 0.3 is 5.97 Å². The molecule has 1 atom stereocenters. The first kappa shape index (κ1) is 8.39. The summed E-state index contributed by atoms with van der Waals surface area (Å²) in [5.41, 5.74) is 0. The van der Waals surface area contributed by atoms with Gasteiger partial charge in [-0.05, 0) is 21.0 Å². The lowest BCUT2D eigenvalue weighted by atomic mass is 10.3. The van der Waals surface area contributed by atoms with Crippen molar-refractivity contribution >= 4 is 5.97 Å². The summed E-state index contributed by atoms with van der Waals surface area (Å²) >= 11 is 0. The maximum Gasteiger partial charge on any atom is 0.341 e. The fourth-order valence-corrected chi connectivity index (χ4v) is 0.309. The standard InChI is InChI=1S/C5H12N2O2/c1-4(7(2)3)5(8)9-6/h4H,6H2,1-3H3/t4-/m0/s1. The van der Waals surface area contributed by atoms with E-state index in [1.807, 2.05) is 0 Å². The Kier molecular flexibility index (Phi) is 3.19. The molecular formula is C5H12N2O2. The van der Waals surface area contributed by atoms with Gasteiger partial charge in [-0.3, -0.25) is 4.90 Å². The summed E-state index contributed by atoms with van der Waals surface area (Å²) in [6, 6.07) is -0.269. The lowest BCUT2D eigenvalue weighted by Crippen LogP contribution is -2.35. The monoisotopic (exact) mass is 132 g/mol. The molecule has 0 amide bonds. The molecule has 0 radical (unpaired) electrons. The summed E-state index contributed by atoms with van der Waals surface area (Å²) in [5.74, 6) is 4.22. The van der Waals surface area contributed by atoms with Gasteiger partial charge in [0.2, 0.25) is 0 Å². The number of hydrogen-bond donors (Lipinski definition) is 1. The van der Waals surface area contributed by atoms with Crippen LogP contribution in [0.4, 0.5) is 0 Å². The van der Waals surface area contributed by atoms with Gasteiger partial charge in [0.1, 0.15) is 6.04 Å². The molecule has 0 saturated carbocycles. The highest BCUT2D eigenvalue weighted by Crippen LogP contribution is 1.91. The van der Waals surface area contributed by atoms with Crippen LogP contribution in [0.3, 0.4) is 0 Å². The third-order valence-electron chi connectivity index (χ3n) is 1.23. The summed E-state index contributed by atoms with van der Waals surface area (Å²) in [5, 5.41) is 0. The minimum absolute atomic E-state index is 0.269. The Bertz CT molecular complexity index is 103. The van der Waals surface area contributed by atoms with E-state index < -0.39 is 5.97 Å². The van der Waals surface area contributed by atoms with Crippen LogP contribution in [0.25, 0.3) is 0 Å². The molecule has 0 rings (SSSR count). The van der Waals surface area contributed by atoms with Gasteiger partial charge in [0.15, 0.2) is 0 Å².